The van der Waals surface area contributed by atoms with Gasteiger partial charge in [-0.15, -0.1) is 0 Å². The molecule has 1 aliphatic rings. The van der Waals surface area contributed by atoms with Crippen molar-refractivity contribution in [3.05, 3.63) is 83.9 Å². The van der Waals surface area contributed by atoms with E-state index in [-0.39, 0.29) is 24.3 Å². The molecule has 5 N–H and O–H groups in total. The fourth-order valence-electron chi connectivity index (χ4n) is 5.15. The molecule has 0 saturated heterocycles. The zero-order chi connectivity index (χ0) is 30.3. The van der Waals surface area contributed by atoms with E-state index in [1.807, 2.05) is 86.6 Å². The van der Waals surface area contributed by atoms with Crippen LogP contribution in [-0.2, 0) is 22.6 Å². The van der Waals surface area contributed by atoms with Crippen LogP contribution in [0.1, 0.15) is 44.7 Å². The minimum Gasteiger partial charge on any atom is -0.392 e. The Morgan fingerprint density at radius 2 is 1.71 bits per heavy atom. The molecule has 3 aromatic carbocycles. The number of fused-ring (bicyclic) bond motifs is 1. The Bertz CT molecular complexity index is 1400. The molecule has 0 unspecified atom stereocenters. The highest BCUT2D eigenvalue weighted by molar-refractivity contribution is 6.00. The molecule has 1 heterocycles. The monoisotopic (exact) mass is 571 g/mol. The smallest absolute Gasteiger partial charge is 0.318 e. The fraction of sp³-hybridized carbons (Fsp3) is 0.364. The maximum Gasteiger partial charge on any atom is 0.318 e. The van der Waals surface area contributed by atoms with Crippen molar-refractivity contribution in [1.29, 1.82) is 0 Å². The van der Waals surface area contributed by atoms with Crippen molar-refractivity contribution in [3.8, 4) is 11.1 Å². The number of para-hydroxylation sites is 2. The molecule has 42 heavy (non-hydrogen) atoms. The van der Waals surface area contributed by atoms with E-state index in [1.165, 1.54) is 0 Å². The Hall–Kier alpha value is -4.21. The number of benzene rings is 3. The predicted octanol–water partition coefficient (Wildman–Crippen LogP) is 4.21. The molecule has 4 rings (SSSR count). The van der Waals surface area contributed by atoms with Crippen molar-refractivity contribution in [1.82, 2.24) is 16.0 Å². The maximum absolute atomic E-state index is 13.9. The molecular weight excluding hydrogens is 530 g/mol. The lowest BCUT2D eigenvalue weighted by atomic mass is 9.99. The normalized spacial score (nSPS) is 15.8. The van der Waals surface area contributed by atoms with Crippen LogP contribution >= 0.6 is 0 Å². The minimum absolute atomic E-state index is 0.146. The number of aryl methyl sites for hydroxylation is 1. The van der Waals surface area contributed by atoms with Crippen molar-refractivity contribution in [3.63, 3.8) is 0 Å². The van der Waals surface area contributed by atoms with Crippen LogP contribution in [0.4, 0.5) is 16.2 Å². The van der Waals surface area contributed by atoms with Gasteiger partial charge < -0.3 is 31.3 Å². The molecule has 0 radical (unpaired) electrons. The Morgan fingerprint density at radius 1 is 1.02 bits per heavy atom. The number of anilines is 2. The van der Waals surface area contributed by atoms with Crippen molar-refractivity contribution in [2.24, 2.45) is 0 Å². The number of urea groups is 1. The molecule has 0 saturated carbocycles. The lowest BCUT2D eigenvalue weighted by molar-refractivity contribution is -0.128. The fourth-order valence-corrected chi connectivity index (χ4v) is 5.15. The average molecular weight is 572 g/mol. The number of aliphatic hydroxyl groups is 1. The third-order valence-electron chi connectivity index (χ3n) is 7.37. The summed E-state index contributed by atoms with van der Waals surface area (Å²) in [5, 5.41) is 21.2. The summed E-state index contributed by atoms with van der Waals surface area (Å²) in [4.78, 5) is 40.6. The Labute approximate surface area is 247 Å². The number of rotatable bonds is 10. The molecule has 4 amide bonds. The van der Waals surface area contributed by atoms with Gasteiger partial charge in [-0.05, 0) is 62.4 Å². The number of hydrogen-bond donors (Lipinski definition) is 5. The van der Waals surface area contributed by atoms with Gasteiger partial charge in [0.2, 0.25) is 11.8 Å². The van der Waals surface area contributed by atoms with Crippen LogP contribution in [0.25, 0.3) is 11.1 Å². The summed E-state index contributed by atoms with van der Waals surface area (Å²) in [6.45, 7) is 6.23. The van der Waals surface area contributed by atoms with E-state index in [9.17, 15) is 19.5 Å². The lowest BCUT2D eigenvalue weighted by Gasteiger charge is -2.29. The van der Waals surface area contributed by atoms with Crippen LogP contribution in [0.2, 0.25) is 0 Å². The largest absolute Gasteiger partial charge is 0.392 e. The van der Waals surface area contributed by atoms with Gasteiger partial charge in [-0.3, -0.25) is 9.59 Å². The minimum atomic E-state index is -0.653. The van der Waals surface area contributed by atoms with Gasteiger partial charge in [0.1, 0.15) is 6.04 Å². The molecule has 0 aliphatic carbocycles. The summed E-state index contributed by atoms with van der Waals surface area (Å²) < 4.78 is 0. The van der Waals surface area contributed by atoms with Crippen molar-refractivity contribution in [2.45, 2.75) is 64.3 Å². The quantitative estimate of drug-likeness (QED) is 0.250. The molecule has 0 fully saturated rings. The summed E-state index contributed by atoms with van der Waals surface area (Å²) in [7, 11) is 1.57. The number of nitrogens with one attached hydrogen (secondary N) is 4. The zero-order valence-corrected chi connectivity index (χ0v) is 24.7. The number of aliphatic hydroxyl groups excluding tert-OH is 1. The second-order valence-electron chi connectivity index (χ2n) is 11.4. The molecule has 1 aliphatic heterocycles. The predicted molar refractivity (Wildman–Crippen MR) is 166 cm³/mol. The molecule has 222 valence electrons. The first-order valence-electron chi connectivity index (χ1n) is 14.3. The van der Waals surface area contributed by atoms with E-state index in [2.05, 4.69) is 21.3 Å². The van der Waals surface area contributed by atoms with Gasteiger partial charge in [0.25, 0.3) is 0 Å². The van der Waals surface area contributed by atoms with Gasteiger partial charge in [-0.2, -0.15) is 0 Å². The van der Waals surface area contributed by atoms with Crippen molar-refractivity contribution in [2.75, 3.05) is 23.8 Å². The van der Waals surface area contributed by atoms with Crippen molar-refractivity contribution < 1.29 is 19.5 Å². The molecule has 0 aromatic heterocycles. The molecular formula is C33H41N5O4. The third-order valence-corrected chi connectivity index (χ3v) is 7.37. The lowest BCUT2D eigenvalue weighted by Crippen LogP contribution is -2.51. The molecule has 0 spiro atoms. The van der Waals surface area contributed by atoms with Crippen LogP contribution in [0.3, 0.4) is 0 Å². The Kier molecular flexibility index (Phi) is 9.98. The molecule has 2 atom stereocenters. The first-order chi connectivity index (χ1) is 20.1. The van der Waals surface area contributed by atoms with Crippen LogP contribution < -0.4 is 26.2 Å². The van der Waals surface area contributed by atoms with Gasteiger partial charge >= 0.3 is 6.03 Å². The van der Waals surface area contributed by atoms with Crippen LogP contribution in [0.5, 0.6) is 0 Å². The molecule has 0 bridgehead atoms. The van der Waals surface area contributed by atoms with Gasteiger partial charge in [-0.25, -0.2) is 4.79 Å². The van der Waals surface area contributed by atoms with Crippen LogP contribution in [-0.4, -0.2) is 54.2 Å². The Balaban J connectivity index is 1.52. The number of nitrogens with zero attached hydrogens (tertiary/aromatic N) is 1. The average Bonchev–Trinajstić information content (AvgIpc) is 3.09. The number of β-amino-alcohol motifs (C(OH)–C–C–N with tert-alkyl or cyclic N) is 1. The highest BCUT2D eigenvalue weighted by atomic mass is 16.3. The highest BCUT2D eigenvalue weighted by Crippen LogP contribution is 2.31. The highest BCUT2D eigenvalue weighted by Gasteiger charge is 2.32. The van der Waals surface area contributed by atoms with E-state index in [0.29, 0.717) is 31.6 Å². The SMILES string of the molecule is CNC(=O)Nc1ccccc1-c1ccc(CN2C(=O)[C@H](NC(=O)CC(C)(C)NC[C@@H](C)O)CCc3ccccc32)cc1. The molecule has 9 heteroatoms. The van der Waals surface area contributed by atoms with Gasteiger partial charge in [0, 0.05) is 36.8 Å². The van der Waals surface area contributed by atoms with Crippen LogP contribution in [0.15, 0.2) is 72.8 Å². The van der Waals surface area contributed by atoms with Gasteiger partial charge in [-0.1, -0.05) is 60.7 Å². The summed E-state index contributed by atoms with van der Waals surface area (Å²) in [6, 6.07) is 22.4. The number of carbonyl (C=O) groups is 3. The standard InChI is InChI=1S/C33H41N5O4/c1-22(39)20-35-33(2,3)19-30(40)36-28-18-17-25-9-5-8-12-29(25)38(31(28)41)21-23-13-15-24(16-14-23)26-10-6-7-11-27(26)37-32(42)34-4/h5-16,22,28,35,39H,17-21H2,1-4H3,(H,36,40)(H2,34,37,42)/t22-,28-/m1/s1. The molecule has 9 nitrogen and oxygen atoms in total. The number of carbonyl (C=O) groups excluding carboxylic acids is 3. The van der Waals surface area contributed by atoms with E-state index in [0.717, 1.165) is 27.9 Å². The van der Waals surface area contributed by atoms with Crippen molar-refractivity contribution >= 4 is 29.2 Å². The molecule has 3 aromatic rings. The van der Waals surface area contributed by atoms with E-state index in [1.54, 1.807) is 18.9 Å². The van der Waals surface area contributed by atoms with Gasteiger partial charge in [0.05, 0.1) is 18.3 Å². The number of hydrogen-bond acceptors (Lipinski definition) is 5. The van der Waals surface area contributed by atoms with Gasteiger partial charge in [0.15, 0.2) is 0 Å². The first kappa shape index (κ1) is 30.7. The Morgan fingerprint density at radius 3 is 2.43 bits per heavy atom. The summed E-state index contributed by atoms with van der Waals surface area (Å²) >= 11 is 0. The third kappa shape index (κ3) is 7.96. The summed E-state index contributed by atoms with van der Waals surface area (Å²) in [5.74, 6) is -0.358. The summed E-state index contributed by atoms with van der Waals surface area (Å²) in [6.07, 6.45) is 0.828. The maximum atomic E-state index is 13.9. The van der Waals surface area contributed by atoms with E-state index >= 15 is 0 Å². The zero-order valence-electron chi connectivity index (χ0n) is 24.7. The van der Waals surface area contributed by atoms with E-state index in [4.69, 9.17) is 0 Å². The van der Waals surface area contributed by atoms with E-state index < -0.39 is 17.7 Å². The second kappa shape index (κ2) is 13.6. The summed E-state index contributed by atoms with van der Waals surface area (Å²) in [5.41, 5.74) is 4.84. The topological polar surface area (TPSA) is 123 Å². The number of amides is 4. The first-order valence-corrected chi connectivity index (χ1v) is 14.3. The van der Waals surface area contributed by atoms with Crippen LogP contribution in [0, 0.1) is 0 Å². The second-order valence-corrected chi connectivity index (χ2v) is 11.4.